The number of anilines is 1. The number of oxime groups is 1. The molecule has 1 heterocycles. The van der Waals surface area contributed by atoms with E-state index in [1.807, 2.05) is 6.08 Å². The molecule has 29 heavy (non-hydrogen) atoms. The smallest absolute Gasteiger partial charge is 0.221 e. The molecule has 0 saturated heterocycles. The number of aliphatic hydroxyl groups is 1. The molecule has 0 aliphatic heterocycles. The lowest BCUT2D eigenvalue weighted by Gasteiger charge is -2.35. The summed E-state index contributed by atoms with van der Waals surface area (Å²) in [6.45, 7) is 0.452. The van der Waals surface area contributed by atoms with Crippen molar-refractivity contribution in [1.82, 2.24) is 15.3 Å². The lowest BCUT2D eigenvalue weighted by Crippen LogP contribution is -2.44. The molecule has 1 fully saturated rings. The molecule has 152 valence electrons. The molecule has 9 heteroatoms. The molecule has 0 radical (unpaired) electrons. The Morgan fingerprint density at radius 1 is 1.31 bits per heavy atom. The molecule has 0 unspecified atom stereocenters. The summed E-state index contributed by atoms with van der Waals surface area (Å²) in [6, 6.07) is 4.53. The van der Waals surface area contributed by atoms with E-state index in [9.17, 15) is 9.50 Å². The number of rotatable bonds is 7. The summed E-state index contributed by atoms with van der Waals surface area (Å²) in [6.07, 6.45) is 10.5. The van der Waals surface area contributed by atoms with Crippen LogP contribution in [0.2, 0.25) is 0 Å². The minimum Gasteiger partial charge on any atom is -0.411 e. The number of benzene rings is 1. The fourth-order valence-corrected chi connectivity index (χ4v) is 3.00. The summed E-state index contributed by atoms with van der Waals surface area (Å²) in [5.74, 6) is -0.556. The largest absolute Gasteiger partial charge is 0.411 e. The van der Waals surface area contributed by atoms with E-state index in [1.165, 1.54) is 6.07 Å². The molecule has 7 N–H and O–H groups in total. The summed E-state index contributed by atoms with van der Waals surface area (Å²) in [5.41, 5.74) is 11.7. The Bertz CT molecular complexity index is 1010. The van der Waals surface area contributed by atoms with Crippen LogP contribution in [0.5, 0.6) is 0 Å². The number of nitrogens with two attached hydrogens (primary N) is 2. The normalized spacial score (nSPS) is 17.2. The van der Waals surface area contributed by atoms with E-state index in [4.69, 9.17) is 16.7 Å². The third kappa shape index (κ3) is 4.52. The van der Waals surface area contributed by atoms with Crippen molar-refractivity contribution in [3.8, 4) is 0 Å². The Morgan fingerprint density at radius 3 is 2.79 bits per heavy atom. The van der Waals surface area contributed by atoms with Crippen LogP contribution in [0.3, 0.4) is 0 Å². The fraction of sp³-hybridized carbons (Fsp3) is 0.250. The van der Waals surface area contributed by atoms with Gasteiger partial charge in [0, 0.05) is 18.1 Å². The van der Waals surface area contributed by atoms with E-state index in [-0.39, 0.29) is 17.2 Å². The van der Waals surface area contributed by atoms with Crippen molar-refractivity contribution in [2.24, 2.45) is 10.9 Å². The molecule has 0 spiro atoms. The Morgan fingerprint density at radius 2 is 2.10 bits per heavy atom. The summed E-state index contributed by atoms with van der Waals surface area (Å²) >= 11 is 0. The van der Waals surface area contributed by atoms with Gasteiger partial charge in [0.05, 0.1) is 5.70 Å². The van der Waals surface area contributed by atoms with E-state index in [0.717, 1.165) is 6.42 Å². The second kappa shape index (κ2) is 8.70. The maximum Gasteiger partial charge on any atom is 0.221 e. The van der Waals surface area contributed by atoms with Gasteiger partial charge in [-0.15, -0.1) is 0 Å². The highest BCUT2D eigenvalue weighted by molar-refractivity contribution is 6.02. The maximum atomic E-state index is 13.9. The number of hydrogen-bond donors (Lipinski definition) is 5. The van der Waals surface area contributed by atoms with E-state index < -0.39 is 11.4 Å². The SMILES string of the molecule is N/C(=C\NC/C=C/C=C\C(=N\O)C1(O)CCC1)c1nc(N)nc2c(F)cccc12. The van der Waals surface area contributed by atoms with Gasteiger partial charge < -0.3 is 27.1 Å². The minimum atomic E-state index is -1.02. The molecule has 0 bridgehead atoms. The fourth-order valence-electron chi connectivity index (χ4n) is 3.00. The molecule has 0 amide bonds. The van der Waals surface area contributed by atoms with Crippen molar-refractivity contribution in [3.05, 3.63) is 60.2 Å². The number of nitrogen functional groups attached to an aromatic ring is 1. The number of nitrogens with one attached hydrogen (secondary N) is 1. The number of allylic oxidation sites excluding steroid dienone is 2. The monoisotopic (exact) mass is 398 g/mol. The van der Waals surface area contributed by atoms with Gasteiger partial charge in [-0.2, -0.15) is 0 Å². The molecule has 1 aromatic heterocycles. The van der Waals surface area contributed by atoms with Gasteiger partial charge in [0.2, 0.25) is 5.95 Å². The van der Waals surface area contributed by atoms with Crippen molar-refractivity contribution < 1.29 is 14.7 Å². The zero-order valence-corrected chi connectivity index (χ0v) is 15.7. The number of hydrogen-bond acceptors (Lipinski definition) is 8. The molecular formula is C20H23FN6O2. The predicted molar refractivity (Wildman–Crippen MR) is 110 cm³/mol. The van der Waals surface area contributed by atoms with E-state index in [1.54, 1.807) is 36.6 Å². The van der Waals surface area contributed by atoms with Crippen molar-refractivity contribution in [1.29, 1.82) is 0 Å². The molecule has 1 aliphatic carbocycles. The predicted octanol–water partition coefficient (Wildman–Crippen LogP) is 2.06. The van der Waals surface area contributed by atoms with Crippen LogP contribution in [0.1, 0.15) is 25.0 Å². The van der Waals surface area contributed by atoms with E-state index >= 15 is 0 Å². The summed E-state index contributed by atoms with van der Waals surface area (Å²) in [7, 11) is 0. The Balaban J connectivity index is 1.61. The molecule has 1 aliphatic rings. The average Bonchev–Trinajstić information content (AvgIpc) is 2.68. The summed E-state index contributed by atoms with van der Waals surface area (Å²) in [5, 5.41) is 25.8. The number of aromatic nitrogens is 2. The van der Waals surface area contributed by atoms with Gasteiger partial charge in [-0.3, -0.25) is 0 Å². The Kier molecular flexibility index (Phi) is 6.08. The summed E-state index contributed by atoms with van der Waals surface area (Å²) < 4.78 is 13.9. The standard InChI is InChI=1S/C20H23FN6O2/c21-14-7-4-6-13-17(14)25-19(23)26-18(13)15(22)12-24-11-3-1-2-8-16(27-29)20(28)9-5-10-20/h1-4,6-8,12,24,28-29H,5,9-11,22H2,(H2,23,25,26)/b3-1+,8-2-,15-12-,27-16-. The van der Waals surface area contributed by atoms with Crippen LogP contribution in [0.25, 0.3) is 16.6 Å². The molecule has 8 nitrogen and oxygen atoms in total. The van der Waals surface area contributed by atoms with Gasteiger partial charge in [0.1, 0.15) is 28.3 Å². The summed E-state index contributed by atoms with van der Waals surface area (Å²) in [4.78, 5) is 8.03. The zero-order chi connectivity index (χ0) is 20.9. The highest BCUT2D eigenvalue weighted by Gasteiger charge is 2.38. The van der Waals surface area contributed by atoms with Crippen LogP contribution in [0.15, 0.2) is 53.9 Å². The van der Waals surface area contributed by atoms with Crippen molar-refractivity contribution in [2.75, 3.05) is 12.3 Å². The van der Waals surface area contributed by atoms with Crippen LogP contribution in [0, 0.1) is 5.82 Å². The van der Waals surface area contributed by atoms with Crippen molar-refractivity contribution in [3.63, 3.8) is 0 Å². The van der Waals surface area contributed by atoms with Gasteiger partial charge in [0.25, 0.3) is 0 Å². The second-order valence-corrected chi connectivity index (χ2v) is 6.73. The van der Waals surface area contributed by atoms with Gasteiger partial charge in [0.15, 0.2) is 0 Å². The van der Waals surface area contributed by atoms with Gasteiger partial charge in [-0.05, 0) is 31.4 Å². The van der Waals surface area contributed by atoms with Crippen LogP contribution < -0.4 is 16.8 Å². The first-order valence-corrected chi connectivity index (χ1v) is 9.14. The van der Waals surface area contributed by atoms with Gasteiger partial charge in [-0.1, -0.05) is 35.5 Å². The van der Waals surface area contributed by atoms with E-state index in [2.05, 4.69) is 20.4 Å². The topological polar surface area (TPSA) is 143 Å². The van der Waals surface area contributed by atoms with E-state index in [0.29, 0.717) is 36.2 Å². The molecular weight excluding hydrogens is 375 g/mol. The number of halogens is 1. The average molecular weight is 398 g/mol. The number of fused-ring (bicyclic) bond motifs is 1. The molecule has 1 saturated carbocycles. The third-order valence-electron chi connectivity index (χ3n) is 4.73. The number of nitrogens with zero attached hydrogens (tertiary/aromatic N) is 3. The first-order chi connectivity index (χ1) is 13.9. The minimum absolute atomic E-state index is 0.0616. The zero-order valence-electron chi connectivity index (χ0n) is 15.7. The first kappa shape index (κ1) is 20.3. The quantitative estimate of drug-likeness (QED) is 0.158. The van der Waals surface area contributed by atoms with Gasteiger partial charge in [-0.25, -0.2) is 14.4 Å². The lowest BCUT2D eigenvalue weighted by molar-refractivity contribution is 0.0322. The van der Waals surface area contributed by atoms with Crippen LogP contribution >= 0.6 is 0 Å². The molecule has 3 rings (SSSR count). The lowest BCUT2D eigenvalue weighted by atomic mass is 9.76. The van der Waals surface area contributed by atoms with Crippen LogP contribution in [0.4, 0.5) is 10.3 Å². The third-order valence-corrected chi connectivity index (χ3v) is 4.73. The maximum absolute atomic E-state index is 13.9. The Hall–Kier alpha value is -3.46. The first-order valence-electron chi connectivity index (χ1n) is 9.14. The molecule has 0 atom stereocenters. The van der Waals surface area contributed by atoms with Crippen LogP contribution in [-0.4, -0.2) is 38.1 Å². The highest BCUT2D eigenvalue weighted by atomic mass is 19.1. The van der Waals surface area contributed by atoms with Crippen molar-refractivity contribution >= 4 is 28.3 Å². The number of para-hydroxylation sites is 1. The van der Waals surface area contributed by atoms with Gasteiger partial charge >= 0.3 is 0 Å². The van der Waals surface area contributed by atoms with Crippen LogP contribution in [-0.2, 0) is 0 Å². The highest BCUT2D eigenvalue weighted by Crippen LogP contribution is 2.33. The van der Waals surface area contributed by atoms with Crippen molar-refractivity contribution in [2.45, 2.75) is 24.9 Å². The molecule has 1 aromatic carbocycles. The Labute approximate surface area is 167 Å². The second-order valence-electron chi connectivity index (χ2n) is 6.73. The molecule has 2 aromatic rings.